The topological polar surface area (TPSA) is 122 Å². The lowest BCUT2D eigenvalue weighted by Gasteiger charge is -2.28. The van der Waals surface area contributed by atoms with Gasteiger partial charge in [0.15, 0.2) is 0 Å². The number of hydrogen-bond acceptors (Lipinski definition) is 7. The zero-order valence-corrected chi connectivity index (χ0v) is 13.4. The predicted molar refractivity (Wildman–Crippen MR) is 76.7 cm³/mol. The molecule has 0 aromatic carbocycles. The Kier molecular flexibility index (Phi) is 8.66. The van der Waals surface area contributed by atoms with Crippen LogP contribution in [0, 0.1) is 5.41 Å². The molecule has 1 amide bonds. The fourth-order valence-electron chi connectivity index (χ4n) is 1.51. The Balaban J connectivity index is 4.93. The van der Waals surface area contributed by atoms with Crippen molar-refractivity contribution in [3.8, 4) is 0 Å². The van der Waals surface area contributed by atoms with E-state index in [1.165, 1.54) is 13.8 Å². The summed E-state index contributed by atoms with van der Waals surface area (Å²) < 4.78 is 9.51. The number of esters is 2. The molecule has 0 aromatic rings. The van der Waals surface area contributed by atoms with Crippen LogP contribution in [0.25, 0.3) is 0 Å². The summed E-state index contributed by atoms with van der Waals surface area (Å²) in [5, 5.41) is 21.3. The van der Waals surface area contributed by atoms with E-state index in [2.05, 4.69) is 5.32 Å². The van der Waals surface area contributed by atoms with Gasteiger partial charge in [0.25, 0.3) is 0 Å². The number of carbonyl (C=O) groups is 3. The molecule has 8 nitrogen and oxygen atoms in total. The Labute approximate surface area is 129 Å². The number of hydrogen-bond donors (Lipinski definition) is 3. The van der Waals surface area contributed by atoms with Crippen LogP contribution in [0.1, 0.15) is 34.1 Å². The van der Waals surface area contributed by atoms with Gasteiger partial charge < -0.3 is 25.0 Å². The van der Waals surface area contributed by atoms with Gasteiger partial charge >= 0.3 is 11.9 Å². The van der Waals surface area contributed by atoms with Crippen molar-refractivity contribution in [1.82, 2.24) is 5.32 Å². The van der Waals surface area contributed by atoms with Gasteiger partial charge in [0.1, 0.15) is 12.1 Å². The van der Waals surface area contributed by atoms with E-state index < -0.39 is 48.4 Å². The summed E-state index contributed by atoms with van der Waals surface area (Å²) >= 11 is 0. The smallest absolute Gasteiger partial charge is 0.329 e. The molecule has 0 fully saturated rings. The van der Waals surface area contributed by atoms with Crippen LogP contribution in [0.15, 0.2) is 0 Å². The van der Waals surface area contributed by atoms with Gasteiger partial charge in [-0.3, -0.25) is 9.59 Å². The lowest BCUT2D eigenvalue weighted by molar-refractivity contribution is -0.155. The van der Waals surface area contributed by atoms with Gasteiger partial charge in [0, 0.05) is 5.41 Å². The largest absolute Gasteiger partial charge is 0.466 e. The molecule has 22 heavy (non-hydrogen) atoms. The molecule has 0 bridgehead atoms. The fourth-order valence-corrected chi connectivity index (χ4v) is 1.51. The van der Waals surface area contributed by atoms with Gasteiger partial charge in [-0.15, -0.1) is 0 Å². The molecule has 0 saturated carbocycles. The van der Waals surface area contributed by atoms with E-state index in [0.717, 1.165) is 0 Å². The van der Waals surface area contributed by atoms with E-state index >= 15 is 0 Å². The highest BCUT2D eigenvalue weighted by atomic mass is 16.5. The molecule has 0 aromatic heterocycles. The fraction of sp³-hybridized carbons (Fsp3) is 0.786. The van der Waals surface area contributed by atoms with Crippen LogP contribution >= 0.6 is 0 Å². The molecule has 3 N–H and O–H groups in total. The van der Waals surface area contributed by atoms with E-state index in [0.29, 0.717) is 0 Å². The minimum atomic E-state index is -1.54. The molecule has 0 aliphatic rings. The SMILES string of the molecule is CCOC(=O)CC(NC(=O)C(O)C(C)(C)CO)C(=O)OCC. The van der Waals surface area contributed by atoms with Crippen LogP contribution in [-0.4, -0.2) is 60.0 Å². The number of carbonyl (C=O) groups excluding carboxylic acids is 3. The summed E-state index contributed by atoms with van der Waals surface area (Å²) in [4.78, 5) is 35.2. The molecule has 0 radical (unpaired) electrons. The molecule has 0 aliphatic heterocycles. The summed E-state index contributed by atoms with van der Waals surface area (Å²) in [6.45, 7) is 5.98. The van der Waals surface area contributed by atoms with Crippen molar-refractivity contribution >= 4 is 17.8 Å². The summed E-state index contributed by atoms with van der Waals surface area (Å²) in [5.41, 5.74) is -1.09. The Bertz CT molecular complexity index is 395. The van der Waals surface area contributed by atoms with Crippen LogP contribution in [0.5, 0.6) is 0 Å². The highest BCUT2D eigenvalue weighted by Crippen LogP contribution is 2.19. The summed E-state index contributed by atoms with van der Waals surface area (Å²) in [6, 6.07) is -1.25. The molecule has 2 unspecified atom stereocenters. The van der Waals surface area contributed by atoms with E-state index in [4.69, 9.17) is 14.6 Å². The second kappa shape index (κ2) is 9.37. The average Bonchev–Trinajstić information content (AvgIpc) is 2.46. The summed E-state index contributed by atoms with van der Waals surface area (Å²) in [6.07, 6.45) is -1.94. The third-order valence-corrected chi connectivity index (χ3v) is 2.96. The lowest BCUT2D eigenvalue weighted by atomic mass is 9.87. The van der Waals surface area contributed by atoms with E-state index in [-0.39, 0.29) is 13.2 Å². The van der Waals surface area contributed by atoms with Crippen molar-refractivity contribution < 1.29 is 34.1 Å². The van der Waals surface area contributed by atoms with Crippen molar-refractivity contribution in [1.29, 1.82) is 0 Å². The molecule has 8 heteroatoms. The summed E-state index contributed by atoms with van der Waals surface area (Å²) in [5.74, 6) is -2.34. The number of nitrogens with one attached hydrogen (secondary N) is 1. The van der Waals surface area contributed by atoms with Gasteiger partial charge in [-0.25, -0.2) is 4.79 Å². The number of rotatable bonds is 9. The van der Waals surface area contributed by atoms with Crippen LogP contribution in [0.2, 0.25) is 0 Å². The number of aliphatic hydroxyl groups is 2. The first-order chi connectivity index (χ1) is 10.2. The molecule has 0 aliphatic carbocycles. The molecule has 0 spiro atoms. The van der Waals surface area contributed by atoms with Crippen molar-refractivity contribution in [3.63, 3.8) is 0 Å². The second-order valence-corrected chi connectivity index (χ2v) is 5.37. The Morgan fingerprint density at radius 1 is 1.14 bits per heavy atom. The maximum Gasteiger partial charge on any atom is 0.329 e. The van der Waals surface area contributed by atoms with Crippen molar-refractivity contribution in [2.45, 2.75) is 46.3 Å². The quantitative estimate of drug-likeness (QED) is 0.483. The maximum absolute atomic E-state index is 12.0. The third-order valence-electron chi connectivity index (χ3n) is 2.96. The zero-order valence-electron chi connectivity index (χ0n) is 13.4. The lowest BCUT2D eigenvalue weighted by Crippen LogP contribution is -2.51. The van der Waals surface area contributed by atoms with E-state index in [9.17, 15) is 19.5 Å². The summed E-state index contributed by atoms with van der Waals surface area (Å²) in [7, 11) is 0. The van der Waals surface area contributed by atoms with Crippen molar-refractivity contribution in [3.05, 3.63) is 0 Å². The third kappa shape index (κ3) is 6.40. The monoisotopic (exact) mass is 319 g/mol. The normalized spacial score (nSPS) is 13.9. The van der Waals surface area contributed by atoms with Crippen LogP contribution in [0.4, 0.5) is 0 Å². The van der Waals surface area contributed by atoms with Gasteiger partial charge in [0.05, 0.1) is 26.2 Å². The zero-order chi connectivity index (χ0) is 17.3. The van der Waals surface area contributed by atoms with Gasteiger partial charge in [0.2, 0.25) is 5.91 Å². The van der Waals surface area contributed by atoms with Crippen LogP contribution in [0.3, 0.4) is 0 Å². The van der Waals surface area contributed by atoms with E-state index in [1.54, 1.807) is 13.8 Å². The highest BCUT2D eigenvalue weighted by molar-refractivity contribution is 5.90. The Morgan fingerprint density at radius 3 is 2.14 bits per heavy atom. The minimum Gasteiger partial charge on any atom is -0.466 e. The van der Waals surface area contributed by atoms with Crippen LogP contribution < -0.4 is 5.32 Å². The van der Waals surface area contributed by atoms with Crippen LogP contribution in [-0.2, 0) is 23.9 Å². The highest BCUT2D eigenvalue weighted by Gasteiger charge is 2.36. The predicted octanol–water partition coefficient (Wildman–Crippen LogP) is -0.633. The van der Waals surface area contributed by atoms with Crippen molar-refractivity contribution in [2.24, 2.45) is 5.41 Å². The molecule has 0 heterocycles. The molecule has 2 atom stereocenters. The number of aliphatic hydroxyl groups excluding tert-OH is 2. The Hall–Kier alpha value is -1.67. The molecular formula is C14H25NO7. The first kappa shape index (κ1) is 20.3. The van der Waals surface area contributed by atoms with Gasteiger partial charge in [-0.1, -0.05) is 13.8 Å². The Morgan fingerprint density at radius 2 is 1.68 bits per heavy atom. The van der Waals surface area contributed by atoms with E-state index in [1.807, 2.05) is 0 Å². The first-order valence-electron chi connectivity index (χ1n) is 7.11. The number of ether oxygens (including phenoxy) is 2. The standard InChI is InChI=1S/C14H25NO7/c1-5-21-10(17)7-9(13(20)22-6-2)15-12(19)11(18)14(3,4)8-16/h9,11,16,18H,5-8H2,1-4H3,(H,15,19). The molecule has 0 saturated heterocycles. The average molecular weight is 319 g/mol. The maximum atomic E-state index is 12.0. The van der Waals surface area contributed by atoms with Gasteiger partial charge in [-0.05, 0) is 13.8 Å². The molecule has 0 rings (SSSR count). The second-order valence-electron chi connectivity index (χ2n) is 5.37. The van der Waals surface area contributed by atoms with Crippen molar-refractivity contribution in [2.75, 3.05) is 19.8 Å². The first-order valence-corrected chi connectivity index (χ1v) is 7.11. The van der Waals surface area contributed by atoms with Gasteiger partial charge in [-0.2, -0.15) is 0 Å². The minimum absolute atomic E-state index is 0.0821. The molecular weight excluding hydrogens is 294 g/mol. The number of amides is 1. The molecule has 128 valence electrons.